The van der Waals surface area contributed by atoms with Crippen LogP contribution in [0.1, 0.15) is 38.4 Å². The Morgan fingerprint density at radius 1 is 1.50 bits per heavy atom. The SMILES string of the molecule is CCCc1c(CBr)cnn1CC(C)C. The molecular weight excluding hydrogens is 240 g/mol. The second-order valence-corrected chi connectivity index (χ2v) is 4.64. The molecule has 0 aliphatic rings. The summed E-state index contributed by atoms with van der Waals surface area (Å²) in [6.07, 6.45) is 4.31. The second-order valence-electron chi connectivity index (χ2n) is 4.08. The average Bonchev–Trinajstić information content (AvgIpc) is 2.48. The Hall–Kier alpha value is -0.310. The third kappa shape index (κ3) is 2.84. The second kappa shape index (κ2) is 5.54. The van der Waals surface area contributed by atoms with E-state index in [1.165, 1.54) is 17.7 Å². The van der Waals surface area contributed by atoms with Crippen LogP contribution in [0.15, 0.2) is 6.20 Å². The largest absolute Gasteiger partial charge is 0.269 e. The molecule has 0 unspecified atom stereocenters. The lowest BCUT2D eigenvalue weighted by Gasteiger charge is -2.10. The number of alkyl halides is 1. The van der Waals surface area contributed by atoms with Gasteiger partial charge in [-0.2, -0.15) is 5.10 Å². The van der Waals surface area contributed by atoms with Gasteiger partial charge in [-0.1, -0.05) is 43.1 Å². The van der Waals surface area contributed by atoms with Gasteiger partial charge in [-0.25, -0.2) is 0 Å². The maximum atomic E-state index is 4.43. The molecule has 0 radical (unpaired) electrons. The summed E-state index contributed by atoms with van der Waals surface area (Å²) in [5, 5.41) is 5.35. The topological polar surface area (TPSA) is 17.8 Å². The Bertz CT molecular complexity index is 279. The van der Waals surface area contributed by atoms with Crippen LogP contribution in [0.5, 0.6) is 0 Å². The van der Waals surface area contributed by atoms with Crippen LogP contribution in [0.4, 0.5) is 0 Å². The van der Waals surface area contributed by atoms with Crippen molar-refractivity contribution in [1.82, 2.24) is 9.78 Å². The molecule has 0 fully saturated rings. The van der Waals surface area contributed by atoms with Crippen LogP contribution in [-0.2, 0) is 18.3 Å². The Kier molecular flexibility index (Phi) is 4.66. The lowest BCUT2D eigenvalue weighted by molar-refractivity contribution is 0.467. The number of aromatic nitrogens is 2. The fraction of sp³-hybridized carbons (Fsp3) is 0.727. The first-order valence-corrected chi connectivity index (χ1v) is 6.40. The van der Waals surface area contributed by atoms with Crippen LogP contribution in [0, 0.1) is 5.92 Å². The van der Waals surface area contributed by atoms with Gasteiger partial charge in [-0.3, -0.25) is 4.68 Å². The minimum Gasteiger partial charge on any atom is -0.269 e. The molecule has 14 heavy (non-hydrogen) atoms. The van der Waals surface area contributed by atoms with Crippen LogP contribution < -0.4 is 0 Å². The Morgan fingerprint density at radius 3 is 2.71 bits per heavy atom. The van der Waals surface area contributed by atoms with E-state index in [1.807, 2.05) is 6.20 Å². The van der Waals surface area contributed by atoms with Gasteiger partial charge in [0.1, 0.15) is 0 Å². The third-order valence-corrected chi connectivity index (χ3v) is 2.81. The lowest BCUT2D eigenvalue weighted by atomic mass is 10.1. The van der Waals surface area contributed by atoms with Gasteiger partial charge in [0.2, 0.25) is 0 Å². The van der Waals surface area contributed by atoms with E-state index in [2.05, 4.69) is 46.5 Å². The number of hydrogen-bond acceptors (Lipinski definition) is 1. The highest BCUT2D eigenvalue weighted by molar-refractivity contribution is 9.08. The maximum Gasteiger partial charge on any atom is 0.0533 e. The molecule has 0 aliphatic carbocycles. The normalized spacial score (nSPS) is 11.2. The van der Waals surface area contributed by atoms with Crippen molar-refractivity contribution < 1.29 is 0 Å². The van der Waals surface area contributed by atoms with Crippen molar-refractivity contribution in [3.8, 4) is 0 Å². The molecule has 1 aromatic heterocycles. The summed E-state index contributed by atoms with van der Waals surface area (Å²) < 4.78 is 2.16. The quantitative estimate of drug-likeness (QED) is 0.741. The van der Waals surface area contributed by atoms with Gasteiger partial charge in [0.25, 0.3) is 0 Å². The van der Waals surface area contributed by atoms with Crippen LogP contribution in [-0.4, -0.2) is 9.78 Å². The summed E-state index contributed by atoms with van der Waals surface area (Å²) >= 11 is 3.50. The van der Waals surface area contributed by atoms with Crippen LogP contribution in [0.25, 0.3) is 0 Å². The molecule has 0 saturated heterocycles. The van der Waals surface area contributed by atoms with Gasteiger partial charge in [0.15, 0.2) is 0 Å². The molecule has 0 N–H and O–H groups in total. The van der Waals surface area contributed by atoms with Crippen LogP contribution >= 0.6 is 15.9 Å². The summed E-state index contributed by atoms with van der Waals surface area (Å²) in [7, 11) is 0. The third-order valence-electron chi connectivity index (χ3n) is 2.20. The van der Waals surface area contributed by atoms with E-state index in [-0.39, 0.29) is 0 Å². The van der Waals surface area contributed by atoms with Crippen molar-refractivity contribution in [2.45, 2.75) is 45.5 Å². The molecule has 3 heteroatoms. The molecule has 0 bridgehead atoms. The molecule has 0 aromatic carbocycles. The predicted octanol–water partition coefficient (Wildman–Crippen LogP) is 3.39. The van der Waals surface area contributed by atoms with E-state index in [9.17, 15) is 0 Å². The minimum absolute atomic E-state index is 0.661. The van der Waals surface area contributed by atoms with E-state index in [4.69, 9.17) is 0 Å². The molecule has 0 aliphatic heterocycles. The Labute approximate surface area is 94.8 Å². The summed E-state index contributed by atoms with van der Waals surface area (Å²) in [5.74, 6) is 0.661. The number of halogens is 1. The first kappa shape index (κ1) is 11.8. The van der Waals surface area contributed by atoms with Crippen molar-refractivity contribution >= 4 is 15.9 Å². The molecule has 0 spiro atoms. The molecule has 0 atom stereocenters. The van der Waals surface area contributed by atoms with E-state index in [0.717, 1.165) is 18.3 Å². The minimum atomic E-state index is 0.661. The van der Waals surface area contributed by atoms with Crippen molar-refractivity contribution in [2.24, 2.45) is 5.92 Å². The molecule has 80 valence electrons. The van der Waals surface area contributed by atoms with Gasteiger partial charge in [-0.15, -0.1) is 0 Å². The smallest absolute Gasteiger partial charge is 0.0533 e. The van der Waals surface area contributed by atoms with Crippen LogP contribution in [0.3, 0.4) is 0 Å². The summed E-state index contributed by atoms with van der Waals surface area (Å²) in [4.78, 5) is 0. The molecule has 2 nitrogen and oxygen atoms in total. The fourth-order valence-electron chi connectivity index (χ4n) is 1.59. The first-order chi connectivity index (χ1) is 6.69. The van der Waals surface area contributed by atoms with Crippen molar-refractivity contribution in [3.63, 3.8) is 0 Å². The molecule has 1 rings (SSSR count). The monoisotopic (exact) mass is 258 g/mol. The van der Waals surface area contributed by atoms with Gasteiger partial charge in [-0.05, 0) is 12.3 Å². The molecule has 0 saturated carbocycles. The van der Waals surface area contributed by atoms with E-state index < -0.39 is 0 Å². The van der Waals surface area contributed by atoms with E-state index >= 15 is 0 Å². The summed E-state index contributed by atoms with van der Waals surface area (Å²) in [5.41, 5.74) is 2.74. The predicted molar refractivity (Wildman–Crippen MR) is 63.7 cm³/mol. The van der Waals surface area contributed by atoms with E-state index in [1.54, 1.807) is 0 Å². The van der Waals surface area contributed by atoms with Crippen molar-refractivity contribution in [3.05, 3.63) is 17.5 Å². The molecule has 0 amide bonds. The highest BCUT2D eigenvalue weighted by Crippen LogP contribution is 2.15. The van der Waals surface area contributed by atoms with Crippen LogP contribution in [0.2, 0.25) is 0 Å². The first-order valence-electron chi connectivity index (χ1n) is 5.28. The maximum absolute atomic E-state index is 4.43. The zero-order valence-electron chi connectivity index (χ0n) is 9.26. The summed E-state index contributed by atoms with van der Waals surface area (Å²) in [6.45, 7) is 7.70. The number of rotatable bonds is 5. The van der Waals surface area contributed by atoms with E-state index in [0.29, 0.717) is 5.92 Å². The zero-order chi connectivity index (χ0) is 10.6. The van der Waals surface area contributed by atoms with Gasteiger partial charge in [0, 0.05) is 23.1 Å². The Balaban J connectivity index is 2.86. The van der Waals surface area contributed by atoms with Crippen molar-refractivity contribution in [2.75, 3.05) is 0 Å². The average molecular weight is 259 g/mol. The van der Waals surface area contributed by atoms with Gasteiger partial charge < -0.3 is 0 Å². The number of nitrogens with zero attached hydrogens (tertiary/aromatic N) is 2. The lowest BCUT2D eigenvalue weighted by Crippen LogP contribution is -2.10. The highest BCUT2D eigenvalue weighted by atomic mass is 79.9. The highest BCUT2D eigenvalue weighted by Gasteiger charge is 2.09. The standard InChI is InChI=1S/C11H19BrN2/c1-4-5-11-10(6-12)7-13-14(11)8-9(2)3/h7,9H,4-6,8H2,1-3H3. The van der Waals surface area contributed by atoms with Crippen molar-refractivity contribution in [1.29, 1.82) is 0 Å². The summed E-state index contributed by atoms with van der Waals surface area (Å²) in [6, 6.07) is 0. The molecule has 1 aromatic rings. The molecule has 1 heterocycles. The Morgan fingerprint density at radius 2 is 2.21 bits per heavy atom. The van der Waals surface area contributed by atoms with Gasteiger partial charge in [0.05, 0.1) is 6.20 Å². The zero-order valence-corrected chi connectivity index (χ0v) is 10.8. The van der Waals surface area contributed by atoms with Gasteiger partial charge >= 0.3 is 0 Å². The molecular formula is C11H19BrN2. The number of hydrogen-bond donors (Lipinski definition) is 0. The fourth-order valence-corrected chi connectivity index (χ4v) is 2.06.